The summed E-state index contributed by atoms with van der Waals surface area (Å²) in [5.41, 5.74) is -0.279. The van der Waals surface area contributed by atoms with Crippen LogP contribution in [0.25, 0.3) is 0 Å². The number of hydrogen-bond donors (Lipinski definition) is 0. The molecule has 0 bridgehead atoms. The standard InChI is InChI=1S/C10H18N2O/c1-3-4-10(2,9-11)12-5-7-13-8-6-12/h3-8H2,1-2H3. The second-order valence-corrected chi connectivity index (χ2v) is 3.74. The fourth-order valence-electron chi connectivity index (χ4n) is 1.83. The molecule has 3 nitrogen and oxygen atoms in total. The number of ether oxygens (including phenoxy) is 1. The lowest BCUT2D eigenvalue weighted by Gasteiger charge is -2.38. The third kappa shape index (κ3) is 2.43. The molecule has 1 aliphatic rings. The van der Waals surface area contributed by atoms with Crippen molar-refractivity contribution in [1.82, 2.24) is 4.90 Å². The molecule has 1 aliphatic heterocycles. The number of hydrogen-bond acceptors (Lipinski definition) is 3. The van der Waals surface area contributed by atoms with Crippen molar-refractivity contribution in [3.05, 3.63) is 0 Å². The van der Waals surface area contributed by atoms with Crippen LogP contribution in [-0.4, -0.2) is 36.7 Å². The second kappa shape index (κ2) is 4.59. The normalized spacial score (nSPS) is 23.5. The minimum absolute atomic E-state index is 0.279. The number of morpholine rings is 1. The third-order valence-electron chi connectivity index (χ3n) is 2.69. The number of rotatable bonds is 3. The van der Waals surface area contributed by atoms with Crippen molar-refractivity contribution in [3.8, 4) is 6.07 Å². The van der Waals surface area contributed by atoms with Gasteiger partial charge < -0.3 is 4.74 Å². The molecule has 1 atom stereocenters. The Morgan fingerprint density at radius 3 is 2.54 bits per heavy atom. The minimum Gasteiger partial charge on any atom is -0.379 e. The van der Waals surface area contributed by atoms with E-state index in [1.807, 2.05) is 6.92 Å². The van der Waals surface area contributed by atoms with E-state index in [2.05, 4.69) is 17.9 Å². The van der Waals surface area contributed by atoms with Gasteiger partial charge in [0.05, 0.1) is 19.3 Å². The highest BCUT2D eigenvalue weighted by molar-refractivity contribution is 5.05. The number of nitrogens with zero attached hydrogens (tertiary/aromatic N) is 2. The van der Waals surface area contributed by atoms with Crippen molar-refractivity contribution in [2.75, 3.05) is 26.3 Å². The first-order valence-corrected chi connectivity index (χ1v) is 4.97. The third-order valence-corrected chi connectivity index (χ3v) is 2.69. The highest BCUT2D eigenvalue weighted by Crippen LogP contribution is 2.21. The van der Waals surface area contributed by atoms with Crippen molar-refractivity contribution in [2.45, 2.75) is 32.2 Å². The number of nitriles is 1. The first-order valence-electron chi connectivity index (χ1n) is 4.97. The van der Waals surface area contributed by atoms with Gasteiger partial charge in [-0.05, 0) is 13.3 Å². The van der Waals surface area contributed by atoms with E-state index in [9.17, 15) is 0 Å². The molecular formula is C10H18N2O. The van der Waals surface area contributed by atoms with Gasteiger partial charge in [0.2, 0.25) is 0 Å². The molecule has 1 fully saturated rings. The highest BCUT2D eigenvalue weighted by atomic mass is 16.5. The highest BCUT2D eigenvalue weighted by Gasteiger charge is 2.31. The molecule has 0 radical (unpaired) electrons. The maximum absolute atomic E-state index is 9.14. The molecule has 0 spiro atoms. The summed E-state index contributed by atoms with van der Waals surface area (Å²) in [6, 6.07) is 2.42. The molecule has 0 aromatic rings. The van der Waals surface area contributed by atoms with Gasteiger partial charge in [0.1, 0.15) is 5.54 Å². The van der Waals surface area contributed by atoms with Crippen molar-refractivity contribution < 1.29 is 4.74 Å². The average molecular weight is 182 g/mol. The van der Waals surface area contributed by atoms with Crippen LogP contribution in [-0.2, 0) is 4.74 Å². The second-order valence-electron chi connectivity index (χ2n) is 3.74. The molecule has 3 heteroatoms. The Morgan fingerprint density at radius 2 is 2.08 bits per heavy atom. The Morgan fingerprint density at radius 1 is 1.46 bits per heavy atom. The van der Waals surface area contributed by atoms with Gasteiger partial charge in [0.25, 0.3) is 0 Å². The Bertz CT molecular complexity index is 194. The molecule has 0 aliphatic carbocycles. The van der Waals surface area contributed by atoms with Gasteiger partial charge in [0.15, 0.2) is 0 Å². The Hall–Kier alpha value is -0.590. The predicted molar refractivity (Wildman–Crippen MR) is 51.3 cm³/mol. The minimum atomic E-state index is -0.279. The molecule has 74 valence electrons. The van der Waals surface area contributed by atoms with Gasteiger partial charge in [0, 0.05) is 13.1 Å². The van der Waals surface area contributed by atoms with Crippen LogP contribution in [0.4, 0.5) is 0 Å². The maximum atomic E-state index is 9.14. The summed E-state index contributed by atoms with van der Waals surface area (Å²) in [7, 11) is 0. The van der Waals surface area contributed by atoms with E-state index >= 15 is 0 Å². The monoisotopic (exact) mass is 182 g/mol. The molecular weight excluding hydrogens is 164 g/mol. The molecule has 0 aromatic carbocycles. The lowest BCUT2D eigenvalue weighted by molar-refractivity contribution is -0.000723. The lowest BCUT2D eigenvalue weighted by Crippen LogP contribution is -2.50. The molecule has 0 saturated carbocycles. The lowest BCUT2D eigenvalue weighted by atomic mass is 9.95. The summed E-state index contributed by atoms with van der Waals surface area (Å²) >= 11 is 0. The van der Waals surface area contributed by atoms with Gasteiger partial charge in [-0.1, -0.05) is 13.3 Å². The summed E-state index contributed by atoms with van der Waals surface area (Å²) in [5.74, 6) is 0. The molecule has 0 N–H and O–H groups in total. The van der Waals surface area contributed by atoms with Crippen molar-refractivity contribution >= 4 is 0 Å². The topological polar surface area (TPSA) is 36.3 Å². The summed E-state index contributed by atoms with van der Waals surface area (Å²) in [4.78, 5) is 2.24. The quantitative estimate of drug-likeness (QED) is 0.662. The van der Waals surface area contributed by atoms with Gasteiger partial charge in [-0.3, -0.25) is 4.90 Å². The summed E-state index contributed by atoms with van der Waals surface area (Å²) in [6.07, 6.45) is 2.00. The van der Waals surface area contributed by atoms with Crippen LogP contribution in [0.5, 0.6) is 0 Å². The SMILES string of the molecule is CCCC(C)(C#N)N1CCOCC1. The van der Waals surface area contributed by atoms with Crippen LogP contribution >= 0.6 is 0 Å². The average Bonchev–Trinajstić information content (AvgIpc) is 2.19. The van der Waals surface area contributed by atoms with E-state index in [4.69, 9.17) is 10.00 Å². The van der Waals surface area contributed by atoms with Crippen molar-refractivity contribution in [2.24, 2.45) is 0 Å². The van der Waals surface area contributed by atoms with Gasteiger partial charge in [-0.25, -0.2) is 0 Å². The molecule has 1 unspecified atom stereocenters. The Labute approximate surface area is 80.3 Å². The van der Waals surface area contributed by atoms with Crippen LogP contribution in [0, 0.1) is 11.3 Å². The van der Waals surface area contributed by atoms with Crippen LogP contribution in [0.3, 0.4) is 0 Å². The van der Waals surface area contributed by atoms with E-state index in [0.717, 1.165) is 39.1 Å². The Balaban J connectivity index is 2.58. The Kier molecular flexibility index (Phi) is 3.71. The molecule has 13 heavy (non-hydrogen) atoms. The summed E-state index contributed by atoms with van der Waals surface area (Å²) < 4.78 is 5.27. The van der Waals surface area contributed by atoms with Crippen LogP contribution < -0.4 is 0 Å². The first kappa shape index (κ1) is 10.5. The molecule has 1 rings (SSSR count). The fourth-order valence-corrected chi connectivity index (χ4v) is 1.83. The van der Waals surface area contributed by atoms with E-state index < -0.39 is 0 Å². The zero-order chi connectivity index (χ0) is 9.73. The first-order chi connectivity index (χ1) is 6.23. The van der Waals surface area contributed by atoms with Crippen LogP contribution in [0.1, 0.15) is 26.7 Å². The van der Waals surface area contributed by atoms with Crippen LogP contribution in [0.2, 0.25) is 0 Å². The summed E-state index contributed by atoms with van der Waals surface area (Å²) in [6.45, 7) is 7.47. The van der Waals surface area contributed by atoms with E-state index in [1.54, 1.807) is 0 Å². The fraction of sp³-hybridized carbons (Fsp3) is 0.900. The molecule has 0 amide bonds. The van der Waals surface area contributed by atoms with Gasteiger partial charge in [-0.15, -0.1) is 0 Å². The van der Waals surface area contributed by atoms with Crippen molar-refractivity contribution in [3.63, 3.8) is 0 Å². The maximum Gasteiger partial charge on any atom is 0.106 e. The summed E-state index contributed by atoms with van der Waals surface area (Å²) in [5, 5.41) is 9.14. The van der Waals surface area contributed by atoms with E-state index in [1.165, 1.54) is 0 Å². The van der Waals surface area contributed by atoms with Crippen LogP contribution in [0.15, 0.2) is 0 Å². The molecule has 1 saturated heterocycles. The smallest absolute Gasteiger partial charge is 0.106 e. The zero-order valence-electron chi connectivity index (χ0n) is 8.55. The van der Waals surface area contributed by atoms with Crippen molar-refractivity contribution in [1.29, 1.82) is 5.26 Å². The largest absolute Gasteiger partial charge is 0.379 e. The zero-order valence-corrected chi connectivity index (χ0v) is 8.55. The van der Waals surface area contributed by atoms with E-state index in [0.29, 0.717) is 0 Å². The van der Waals surface area contributed by atoms with Gasteiger partial charge >= 0.3 is 0 Å². The molecule has 1 heterocycles. The predicted octanol–water partition coefficient (Wildman–Crippen LogP) is 1.40. The van der Waals surface area contributed by atoms with Gasteiger partial charge in [-0.2, -0.15) is 5.26 Å². The molecule has 0 aromatic heterocycles. The van der Waals surface area contributed by atoms with E-state index in [-0.39, 0.29) is 5.54 Å².